The third-order valence-corrected chi connectivity index (χ3v) is 6.78. The Balaban J connectivity index is 1.54. The summed E-state index contributed by atoms with van der Waals surface area (Å²) >= 11 is 6.21. The molecule has 8 heteroatoms. The summed E-state index contributed by atoms with van der Waals surface area (Å²) in [7, 11) is 1.37. The van der Waals surface area contributed by atoms with Crippen molar-refractivity contribution in [2.45, 2.75) is 26.3 Å². The SMILES string of the molecule is CCc1ccc([C@@H]2NC(=O)NC(CN3CCN(c4cc(Cl)ccc4C)CC3)=C2C(=O)OC)cc1. The Kier molecular flexibility index (Phi) is 7.44. The highest BCUT2D eigenvalue weighted by atomic mass is 35.5. The number of hydrogen-bond donors (Lipinski definition) is 2. The summed E-state index contributed by atoms with van der Waals surface area (Å²) in [5.41, 5.74) is 5.42. The fraction of sp³-hybridized carbons (Fsp3) is 0.385. The number of nitrogens with zero attached hydrogens (tertiary/aromatic N) is 2. The smallest absolute Gasteiger partial charge is 0.338 e. The predicted octanol–water partition coefficient (Wildman–Crippen LogP) is 3.81. The third kappa shape index (κ3) is 5.21. The zero-order valence-corrected chi connectivity index (χ0v) is 20.6. The van der Waals surface area contributed by atoms with Crippen LogP contribution in [0.4, 0.5) is 10.5 Å². The van der Waals surface area contributed by atoms with Crippen LogP contribution in [0.5, 0.6) is 0 Å². The van der Waals surface area contributed by atoms with Gasteiger partial charge in [0, 0.05) is 49.1 Å². The minimum absolute atomic E-state index is 0.319. The molecular formula is C26H31ClN4O3. The van der Waals surface area contributed by atoms with Crippen molar-refractivity contribution in [2.24, 2.45) is 0 Å². The van der Waals surface area contributed by atoms with Crippen LogP contribution in [0, 0.1) is 6.92 Å². The van der Waals surface area contributed by atoms with Gasteiger partial charge in [-0.1, -0.05) is 48.9 Å². The molecular weight excluding hydrogens is 452 g/mol. The first-order chi connectivity index (χ1) is 16.4. The number of halogens is 1. The second kappa shape index (κ2) is 10.5. The number of carbonyl (C=O) groups excluding carboxylic acids is 2. The van der Waals surface area contributed by atoms with E-state index in [1.807, 2.05) is 42.5 Å². The van der Waals surface area contributed by atoms with E-state index in [4.69, 9.17) is 16.3 Å². The lowest BCUT2D eigenvalue weighted by Gasteiger charge is -2.38. The lowest BCUT2D eigenvalue weighted by Crippen LogP contribution is -2.51. The Labute approximate surface area is 205 Å². The highest BCUT2D eigenvalue weighted by molar-refractivity contribution is 6.30. The number of esters is 1. The Bertz CT molecular complexity index is 1090. The van der Waals surface area contributed by atoms with Gasteiger partial charge in [-0.15, -0.1) is 0 Å². The molecule has 2 aromatic rings. The van der Waals surface area contributed by atoms with Crippen molar-refractivity contribution in [1.82, 2.24) is 15.5 Å². The normalized spacial score (nSPS) is 19.0. The Hall–Kier alpha value is -3.03. The second-order valence-corrected chi connectivity index (χ2v) is 9.14. The summed E-state index contributed by atoms with van der Waals surface area (Å²) in [6, 6.07) is 13.0. The van der Waals surface area contributed by atoms with Crippen LogP contribution in [0.2, 0.25) is 5.02 Å². The molecule has 2 heterocycles. The number of aryl methyl sites for hydroxylation is 2. The van der Waals surface area contributed by atoms with Crippen molar-refractivity contribution < 1.29 is 14.3 Å². The van der Waals surface area contributed by atoms with Crippen LogP contribution in [0.1, 0.15) is 29.7 Å². The largest absolute Gasteiger partial charge is 0.466 e. The molecule has 2 N–H and O–H groups in total. The van der Waals surface area contributed by atoms with Crippen molar-refractivity contribution in [1.29, 1.82) is 0 Å². The van der Waals surface area contributed by atoms with Crippen LogP contribution in [0.25, 0.3) is 0 Å². The first kappa shape index (κ1) is 24.1. The number of anilines is 1. The van der Waals surface area contributed by atoms with Gasteiger partial charge in [0.1, 0.15) is 0 Å². The minimum Gasteiger partial charge on any atom is -0.466 e. The van der Waals surface area contributed by atoms with Gasteiger partial charge in [0.15, 0.2) is 0 Å². The molecule has 1 fully saturated rings. The highest BCUT2D eigenvalue weighted by Crippen LogP contribution is 2.29. The first-order valence-electron chi connectivity index (χ1n) is 11.6. The number of nitrogens with one attached hydrogen (secondary N) is 2. The summed E-state index contributed by atoms with van der Waals surface area (Å²) in [6.07, 6.45) is 0.921. The van der Waals surface area contributed by atoms with E-state index in [2.05, 4.69) is 34.3 Å². The average Bonchev–Trinajstić information content (AvgIpc) is 2.85. The van der Waals surface area contributed by atoms with E-state index in [1.54, 1.807) is 0 Å². The summed E-state index contributed by atoms with van der Waals surface area (Å²) < 4.78 is 5.11. The quantitative estimate of drug-likeness (QED) is 0.612. The van der Waals surface area contributed by atoms with E-state index in [1.165, 1.54) is 18.2 Å². The van der Waals surface area contributed by atoms with Crippen LogP contribution in [0.3, 0.4) is 0 Å². The van der Waals surface area contributed by atoms with Crippen LogP contribution >= 0.6 is 11.6 Å². The van der Waals surface area contributed by atoms with E-state index in [0.29, 0.717) is 17.8 Å². The van der Waals surface area contributed by atoms with Crippen LogP contribution < -0.4 is 15.5 Å². The number of rotatable bonds is 6. The molecule has 0 aromatic heterocycles. The summed E-state index contributed by atoms with van der Waals surface area (Å²) in [5.74, 6) is -0.444. The summed E-state index contributed by atoms with van der Waals surface area (Å²) in [4.78, 5) is 29.9. The maximum absolute atomic E-state index is 12.8. The van der Waals surface area contributed by atoms with Gasteiger partial charge in [0.2, 0.25) is 0 Å². The Morgan fingerprint density at radius 3 is 2.47 bits per heavy atom. The molecule has 2 aliphatic rings. The van der Waals surface area contributed by atoms with E-state index in [-0.39, 0.29) is 6.03 Å². The number of urea groups is 1. The van der Waals surface area contributed by atoms with Gasteiger partial charge in [0.05, 0.1) is 18.7 Å². The topological polar surface area (TPSA) is 73.9 Å². The monoisotopic (exact) mass is 482 g/mol. The number of carbonyl (C=O) groups is 2. The standard InChI is InChI=1S/C26H31ClN4O3/c1-4-18-6-8-19(9-7-18)24-23(25(32)34-3)21(28-26(33)29-24)16-30-11-13-31(14-12-30)22-15-20(27)10-5-17(22)2/h5-10,15,24H,4,11-14,16H2,1-3H3,(H2,28,29,33)/t24-/m0/s1. The molecule has 4 rings (SSSR count). The van der Waals surface area contributed by atoms with Gasteiger partial charge in [-0.3, -0.25) is 4.90 Å². The zero-order valence-electron chi connectivity index (χ0n) is 19.9. The number of piperazine rings is 1. The van der Waals surface area contributed by atoms with Gasteiger partial charge >= 0.3 is 12.0 Å². The van der Waals surface area contributed by atoms with Gasteiger partial charge in [-0.05, 0) is 42.2 Å². The molecule has 0 bridgehead atoms. The fourth-order valence-corrected chi connectivity index (χ4v) is 4.75. The maximum atomic E-state index is 12.8. The van der Waals surface area contributed by atoms with Crippen molar-refractivity contribution in [2.75, 3.05) is 44.7 Å². The average molecular weight is 483 g/mol. The number of ether oxygens (including phenoxy) is 1. The molecule has 180 valence electrons. The van der Waals surface area contributed by atoms with E-state index in [9.17, 15) is 9.59 Å². The summed E-state index contributed by atoms with van der Waals surface area (Å²) in [5, 5.41) is 6.49. The molecule has 2 aliphatic heterocycles. The van der Waals surface area contributed by atoms with E-state index < -0.39 is 12.0 Å². The molecule has 7 nitrogen and oxygen atoms in total. The molecule has 1 atom stereocenters. The lowest BCUT2D eigenvalue weighted by atomic mass is 9.94. The zero-order chi connectivity index (χ0) is 24.2. The third-order valence-electron chi connectivity index (χ3n) is 6.55. The number of methoxy groups -OCH3 is 1. The van der Waals surface area contributed by atoms with Crippen LogP contribution in [0.15, 0.2) is 53.7 Å². The van der Waals surface area contributed by atoms with Crippen molar-refractivity contribution >= 4 is 29.3 Å². The lowest BCUT2D eigenvalue weighted by molar-refractivity contribution is -0.136. The molecule has 0 aliphatic carbocycles. The van der Waals surface area contributed by atoms with Crippen LogP contribution in [-0.4, -0.2) is 56.7 Å². The van der Waals surface area contributed by atoms with Crippen molar-refractivity contribution in [3.63, 3.8) is 0 Å². The van der Waals surface area contributed by atoms with E-state index in [0.717, 1.165) is 48.9 Å². The van der Waals surface area contributed by atoms with Gasteiger partial charge in [-0.25, -0.2) is 9.59 Å². The molecule has 34 heavy (non-hydrogen) atoms. The highest BCUT2D eigenvalue weighted by Gasteiger charge is 2.34. The molecule has 1 saturated heterocycles. The molecule has 0 radical (unpaired) electrons. The maximum Gasteiger partial charge on any atom is 0.338 e. The Morgan fingerprint density at radius 1 is 1.12 bits per heavy atom. The molecule has 0 spiro atoms. The predicted molar refractivity (Wildman–Crippen MR) is 134 cm³/mol. The fourth-order valence-electron chi connectivity index (χ4n) is 4.58. The number of hydrogen-bond acceptors (Lipinski definition) is 5. The van der Waals surface area contributed by atoms with Gasteiger partial charge in [-0.2, -0.15) is 0 Å². The summed E-state index contributed by atoms with van der Waals surface area (Å²) in [6.45, 7) is 7.89. The molecule has 0 unspecified atom stereocenters. The van der Waals surface area contributed by atoms with Crippen molar-refractivity contribution in [3.8, 4) is 0 Å². The molecule has 2 aromatic carbocycles. The number of amides is 2. The van der Waals surface area contributed by atoms with E-state index >= 15 is 0 Å². The van der Waals surface area contributed by atoms with Crippen molar-refractivity contribution in [3.05, 3.63) is 75.4 Å². The van der Waals surface area contributed by atoms with Gasteiger partial charge < -0.3 is 20.3 Å². The second-order valence-electron chi connectivity index (χ2n) is 8.70. The van der Waals surface area contributed by atoms with Crippen LogP contribution in [-0.2, 0) is 16.0 Å². The number of benzene rings is 2. The minimum atomic E-state index is -0.558. The molecule has 2 amide bonds. The Morgan fingerprint density at radius 2 is 1.82 bits per heavy atom. The molecule has 0 saturated carbocycles. The van der Waals surface area contributed by atoms with Gasteiger partial charge in [0.25, 0.3) is 0 Å². The first-order valence-corrected chi connectivity index (χ1v) is 12.0.